The number of rotatable bonds is 4. The minimum absolute atomic E-state index is 0.230. The Hall–Kier alpha value is -1.46. The highest BCUT2D eigenvalue weighted by atomic mass is 19.4. The highest BCUT2D eigenvalue weighted by Crippen LogP contribution is 2.31. The lowest BCUT2D eigenvalue weighted by atomic mass is 10.2. The third-order valence-corrected chi connectivity index (χ3v) is 1.87. The zero-order valence-corrected chi connectivity index (χ0v) is 9.15. The maximum Gasteiger partial charge on any atom is 0.416 e. The Kier molecular flexibility index (Phi) is 3.98. The van der Waals surface area contributed by atoms with E-state index in [2.05, 4.69) is 15.6 Å². The topological polar surface area (TPSA) is 37.0 Å². The Morgan fingerprint density at radius 3 is 1.81 bits per heavy atom. The first kappa shape index (κ1) is 12.6. The minimum atomic E-state index is -4.35. The van der Waals surface area contributed by atoms with Crippen molar-refractivity contribution in [2.45, 2.75) is 20.0 Å². The molecule has 1 aromatic heterocycles. The molecule has 1 aromatic rings. The van der Waals surface area contributed by atoms with E-state index in [1.165, 1.54) is 0 Å². The molecule has 0 aliphatic heterocycles. The fraction of sp³-hybridized carbons (Fsp3) is 0.500. The third-order valence-electron chi connectivity index (χ3n) is 1.87. The molecule has 0 aromatic carbocycles. The van der Waals surface area contributed by atoms with Gasteiger partial charge in [0, 0.05) is 13.1 Å². The minimum Gasteiger partial charge on any atom is -0.370 e. The Morgan fingerprint density at radius 1 is 1.06 bits per heavy atom. The second kappa shape index (κ2) is 5.05. The number of hydrogen-bond acceptors (Lipinski definition) is 3. The van der Waals surface area contributed by atoms with Crippen molar-refractivity contribution in [1.82, 2.24) is 4.98 Å². The summed E-state index contributed by atoms with van der Waals surface area (Å²) in [6.45, 7) is 4.66. The summed E-state index contributed by atoms with van der Waals surface area (Å²) in [5, 5.41) is 5.54. The molecule has 3 nitrogen and oxygen atoms in total. The molecule has 0 saturated heterocycles. The standard InChI is InChI=1S/C10H14F3N3/c1-3-14-8-5-7(10(11,12)13)6-9(16-8)15-4-2/h5-6H,3-4H2,1-2H3,(H2,14,15,16). The highest BCUT2D eigenvalue weighted by Gasteiger charge is 2.31. The molecule has 0 aliphatic carbocycles. The largest absolute Gasteiger partial charge is 0.416 e. The summed E-state index contributed by atoms with van der Waals surface area (Å²) < 4.78 is 37.6. The normalized spacial score (nSPS) is 11.3. The Bertz CT molecular complexity index is 325. The molecular formula is C10H14F3N3. The second-order valence-electron chi connectivity index (χ2n) is 3.18. The van der Waals surface area contributed by atoms with Crippen LogP contribution in [-0.4, -0.2) is 18.1 Å². The fourth-order valence-corrected chi connectivity index (χ4v) is 1.24. The molecule has 0 fully saturated rings. The number of nitrogens with zero attached hydrogens (tertiary/aromatic N) is 1. The average Bonchev–Trinajstić information content (AvgIpc) is 2.17. The number of hydrogen-bond donors (Lipinski definition) is 2. The van der Waals surface area contributed by atoms with E-state index < -0.39 is 11.7 Å². The van der Waals surface area contributed by atoms with Crippen LogP contribution >= 0.6 is 0 Å². The number of alkyl halides is 3. The van der Waals surface area contributed by atoms with Crippen molar-refractivity contribution in [2.24, 2.45) is 0 Å². The van der Waals surface area contributed by atoms with Crippen LogP contribution in [0.5, 0.6) is 0 Å². The van der Waals surface area contributed by atoms with Crippen LogP contribution in [0.1, 0.15) is 19.4 Å². The van der Waals surface area contributed by atoms with Gasteiger partial charge in [-0.3, -0.25) is 0 Å². The molecular weight excluding hydrogens is 219 g/mol. The van der Waals surface area contributed by atoms with E-state index in [9.17, 15) is 13.2 Å². The van der Waals surface area contributed by atoms with Crippen LogP contribution < -0.4 is 10.6 Å². The van der Waals surface area contributed by atoms with Gasteiger partial charge in [0.25, 0.3) is 0 Å². The van der Waals surface area contributed by atoms with Gasteiger partial charge >= 0.3 is 6.18 Å². The second-order valence-corrected chi connectivity index (χ2v) is 3.18. The van der Waals surface area contributed by atoms with Gasteiger partial charge in [-0.25, -0.2) is 4.98 Å². The van der Waals surface area contributed by atoms with Gasteiger partial charge in [-0.05, 0) is 26.0 Å². The van der Waals surface area contributed by atoms with Gasteiger partial charge in [-0.1, -0.05) is 0 Å². The lowest BCUT2D eigenvalue weighted by molar-refractivity contribution is -0.137. The Balaban J connectivity index is 3.08. The number of pyridine rings is 1. The molecule has 0 atom stereocenters. The van der Waals surface area contributed by atoms with E-state index in [1.54, 1.807) is 13.8 Å². The molecule has 1 heterocycles. The van der Waals surface area contributed by atoms with Gasteiger partial charge in [0.2, 0.25) is 0 Å². The molecule has 0 amide bonds. The van der Waals surface area contributed by atoms with Crippen molar-refractivity contribution < 1.29 is 13.2 Å². The van der Waals surface area contributed by atoms with Crippen molar-refractivity contribution >= 4 is 11.6 Å². The van der Waals surface area contributed by atoms with E-state index in [1.807, 2.05) is 0 Å². The van der Waals surface area contributed by atoms with E-state index in [0.717, 1.165) is 12.1 Å². The van der Waals surface area contributed by atoms with Gasteiger partial charge in [-0.2, -0.15) is 13.2 Å². The van der Waals surface area contributed by atoms with Gasteiger partial charge in [-0.15, -0.1) is 0 Å². The number of aromatic nitrogens is 1. The average molecular weight is 233 g/mol. The zero-order valence-electron chi connectivity index (χ0n) is 9.15. The number of halogens is 3. The predicted octanol–water partition coefficient (Wildman–Crippen LogP) is 2.96. The van der Waals surface area contributed by atoms with Crippen LogP contribution in [0.25, 0.3) is 0 Å². The molecule has 6 heteroatoms. The van der Waals surface area contributed by atoms with E-state index in [0.29, 0.717) is 13.1 Å². The van der Waals surface area contributed by atoms with E-state index in [-0.39, 0.29) is 11.6 Å². The molecule has 0 aliphatic rings. The molecule has 1 rings (SSSR count). The van der Waals surface area contributed by atoms with Crippen LogP contribution in [0.4, 0.5) is 24.8 Å². The van der Waals surface area contributed by atoms with Crippen LogP contribution in [0.2, 0.25) is 0 Å². The van der Waals surface area contributed by atoms with Crippen LogP contribution in [-0.2, 0) is 6.18 Å². The number of nitrogens with one attached hydrogen (secondary N) is 2. The quantitative estimate of drug-likeness (QED) is 0.839. The summed E-state index contributed by atoms with van der Waals surface area (Å²) in [7, 11) is 0. The van der Waals surface area contributed by atoms with Crippen molar-refractivity contribution in [2.75, 3.05) is 23.7 Å². The van der Waals surface area contributed by atoms with Gasteiger partial charge in [0.15, 0.2) is 0 Å². The zero-order chi connectivity index (χ0) is 12.2. The lowest BCUT2D eigenvalue weighted by Crippen LogP contribution is -2.10. The Labute approximate surface area is 92.1 Å². The predicted molar refractivity (Wildman–Crippen MR) is 57.6 cm³/mol. The first-order valence-corrected chi connectivity index (χ1v) is 5.04. The summed E-state index contributed by atoms with van der Waals surface area (Å²) in [5.41, 5.74) is -0.700. The van der Waals surface area contributed by atoms with Crippen LogP contribution in [0.15, 0.2) is 12.1 Å². The van der Waals surface area contributed by atoms with Gasteiger partial charge < -0.3 is 10.6 Å². The molecule has 90 valence electrons. The van der Waals surface area contributed by atoms with E-state index in [4.69, 9.17) is 0 Å². The van der Waals surface area contributed by atoms with Crippen LogP contribution in [0.3, 0.4) is 0 Å². The highest BCUT2D eigenvalue weighted by molar-refractivity contribution is 5.49. The van der Waals surface area contributed by atoms with Crippen LogP contribution in [0, 0.1) is 0 Å². The van der Waals surface area contributed by atoms with Crippen molar-refractivity contribution in [1.29, 1.82) is 0 Å². The van der Waals surface area contributed by atoms with Crippen molar-refractivity contribution in [3.05, 3.63) is 17.7 Å². The molecule has 0 spiro atoms. The van der Waals surface area contributed by atoms with E-state index >= 15 is 0 Å². The Morgan fingerprint density at radius 2 is 1.50 bits per heavy atom. The van der Waals surface area contributed by atoms with Gasteiger partial charge in [0.05, 0.1) is 5.56 Å². The smallest absolute Gasteiger partial charge is 0.370 e. The maximum absolute atomic E-state index is 12.5. The molecule has 2 N–H and O–H groups in total. The third kappa shape index (κ3) is 3.29. The first-order chi connectivity index (χ1) is 7.47. The summed E-state index contributed by atoms with van der Waals surface area (Å²) in [5.74, 6) is 0.460. The lowest BCUT2D eigenvalue weighted by Gasteiger charge is -2.12. The molecule has 16 heavy (non-hydrogen) atoms. The summed E-state index contributed by atoms with van der Waals surface area (Å²) in [6.07, 6.45) is -4.35. The molecule has 0 unspecified atom stereocenters. The monoisotopic (exact) mass is 233 g/mol. The molecule has 0 radical (unpaired) electrons. The summed E-state index contributed by atoms with van der Waals surface area (Å²) in [6, 6.07) is 2.01. The first-order valence-electron chi connectivity index (χ1n) is 5.04. The summed E-state index contributed by atoms with van der Waals surface area (Å²) >= 11 is 0. The SMILES string of the molecule is CCNc1cc(C(F)(F)F)cc(NCC)n1. The van der Waals surface area contributed by atoms with Crippen molar-refractivity contribution in [3.8, 4) is 0 Å². The van der Waals surface area contributed by atoms with Crippen molar-refractivity contribution in [3.63, 3.8) is 0 Å². The fourth-order valence-electron chi connectivity index (χ4n) is 1.24. The molecule has 0 bridgehead atoms. The summed E-state index contributed by atoms with van der Waals surface area (Å²) in [4.78, 5) is 4.00. The number of anilines is 2. The molecule has 0 saturated carbocycles. The van der Waals surface area contributed by atoms with Gasteiger partial charge in [0.1, 0.15) is 11.6 Å². The maximum atomic E-state index is 12.5.